The van der Waals surface area contributed by atoms with E-state index in [0.717, 1.165) is 19.6 Å². The van der Waals surface area contributed by atoms with Crippen LogP contribution in [0.2, 0.25) is 10.0 Å². The zero-order valence-corrected chi connectivity index (χ0v) is 19.3. The zero-order chi connectivity index (χ0) is 23.5. The van der Waals surface area contributed by atoms with E-state index in [-0.39, 0.29) is 21.9 Å². The van der Waals surface area contributed by atoms with Gasteiger partial charge in [-0.2, -0.15) is 0 Å². The van der Waals surface area contributed by atoms with E-state index in [4.69, 9.17) is 27.9 Å². The molecule has 4 rings (SSSR count). The lowest BCUT2D eigenvalue weighted by atomic mass is 9.95. The summed E-state index contributed by atoms with van der Waals surface area (Å²) >= 11 is 12.1. The van der Waals surface area contributed by atoms with Crippen LogP contribution < -0.4 is 0 Å². The Hall–Kier alpha value is -2.58. The molecule has 1 atom stereocenters. The fraction of sp³-hybridized carbons (Fsp3) is 0.333. The summed E-state index contributed by atoms with van der Waals surface area (Å²) < 4.78 is 5.37. The number of phenols is 1. The minimum atomic E-state index is -0.815. The second kappa shape index (κ2) is 10.1. The maximum atomic E-state index is 13.1. The van der Waals surface area contributed by atoms with Crippen LogP contribution >= 0.6 is 23.2 Å². The molecule has 0 bridgehead atoms. The summed E-state index contributed by atoms with van der Waals surface area (Å²) in [4.78, 5) is 29.8. The predicted molar refractivity (Wildman–Crippen MR) is 125 cm³/mol. The normalized spacial score (nSPS) is 21.0. The van der Waals surface area contributed by atoms with Crippen LogP contribution in [0, 0.1) is 0 Å². The molecule has 2 N–H and O–H groups in total. The van der Waals surface area contributed by atoms with Crippen molar-refractivity contribution < 1.29 is 24.5 Å². The highest BCUT2D eigenvalue weighted by molar-refractivity contribution is 6.46. The first-order valence-corrected chi connectivity index (χ1v) is 11.5. The zero-order valence-electron chi connectivity index (χ0n) is 17.8. The Morgan fingerprint density at radius 1 is 1.00 bits per heavy atom. The lowest BCUT2D eigenvalue weighted by Gasteiger charge is -2.29. The number of aliphatic hydroxyl groups is 1. The molecule has 2 aromatic rings. The van der Waals surface area contributed by atoms with Crippen molar-refractivity contribution in [2.24, 2.45) is 0 Å². The van der Waals surface area contributed by atoms with Crippen molar-refractivity contribution >= 4 is 40.7 Å². The molecular weight excluding hydrogens is 467 g/mol. The number of aromatic hydroxyl groups is 1. The Balaban J connectivity index is 1.70. The van der Waals surface area contributed by atoms with Gasteiger partial charge < -0.3 is 19.8 Å². The summed E-state index contributed by atoms with van der Waals surface area (Å²) in [7, 11) is 0. The SMILES string of the molecule is O=C1C(=O)N(CCCN2CCOCC2)[C@@H](c2ccc(Cl)cc2)C1=C(O)c1cc(Cl)ccc1O. The van der Waals surface area contributed by atoms with Crippen molar-refractivity contribution in [2.45, 2.75) is 12.5 Å². The van der Waals surface area contributed by atoms with Gasteiger partial charge in [-0.05, 0) is 42.3 Å². The summed E-state index contributed by atoms with van der Waals surface area (Å²) in [5.41, 5.74) is 0.534. The highest BCUT2D eigenvalue weighted by Crippen LogP contribution is 2.41. The minimum Gasteiger partial charge on any atom is -0.507 e. The number of carbonyl (C=O) groups is 2. The molecule has 0 radical (unpaired) electrons. The van der Waals surface area contributed by atoms with Crippen LogP contribution in [0.1, 0.15) is 23.6 Å². The maximum Gasteiger partial charge on any atom is 0.295 e. The average Bonchev–Trinajstić information content (AvgIpc) is 3.06. The third kappa shape index (κ3) is 5.01. The number of ether oxygens (including phenoxy) is 1. The van der Waals surface area contributed by atoms with Crippen LogP contribution in [0.15, 0.2) is 48.0 Å². The first kappa shape index (κ1) is 23.6. The number of rotatable bonds is 6. The van der Waals surface area contributed by atoms with Crippen molar-refractivity contribution in [3.63, 3.8) is 0 Å². The van der Waals surface area contributed by atoms with Crippen LogP contribution in [-0.4, -0.2) is 71.1 Å². The fourth-order valence-corrected chi connectivity index (χ4v) is 4.53. The molecule has 1 amide bonds. The summed E-state index contributed by atoms with van der Waals surface area (Å²) in [6.45, 7) is 4.10. The van der Waals surface area contributed by atoms with Crippen molar-refractivity contribution in [3.05, 3.63) is 69.2 Å². The van der Waals surface area contributed by atoms with Gasteiger partial charge in [0.15, 0.2) is 0 Å². The lowest BCUT2D eigenvalue weighted by Crippen LogP contribution is -2.38. The van der Waals surface area contributed by atoms with Gasteiger partial charge in [-0.3, -0.25) is 14.5 Å². The van der Waals surface area contributed by atoms with E-state index in [1.54, 1.807) is 24.3 Å². The molecular formula is C24H24Cl2N2O5. The van der Waals surface area contributed by atoms with E-state index in [2.05, 4.69) is 4.90 Å². The van der Waals surface area contributed by atoms with Crippen LogP contribution in [-0.2, 0) is 14.3 Å². The van der Waals surface area contributed by atoms with E-state index < -0.39 is 23.5 Å². The molecule has 0 unspecified atom stereocenters. The van der Waals surface area contributed by atoms with E-state index in [0.29, 0.717) is 36.8 Å². The van der Waals surface area contributed by atoms with Gasteiger partial charge >= 0.3 is 0 Å². The number of likely N-dealkylation sites (tertiary alicyclic amines) is 1. The number of Topliss-reactive ketones (excluding diaryl/α,β-unsaturated/α-hetero) is 1. The van der Waals surface area contributed by atoms with Gasteiger partial charge in [0, 0.05) is 36.2 Å². The molecule has 2 saturated heterocycles. The third-order valence-corrected chi connectivity index (χ3v) is 6.40. The van der Waals surface area contributed by atoms with Crippen molar-refractivity contribution in [1.82, 2.24) is 9.80 Å². The number of benzene rings is 2. The minimum absolute atomic E-state index is 0.00668. The highest BCUT2D eigenvalue weighted by atomic mass is 35.5. The topological polar surface area (TPSA) is 90.3 Å². The molecule has 0 aromatic heterocycles. The summed E-state index contributed by atoms with van der Waals surface area (Å²) in [5, 5.41) is 22.1. The molecule has 2 fully saturated rings. The number of hydrogen-bond acceptors (Lipinski definition) is 6. The largest absolute Gasteiger partial charge is 0.507 e. The molecule has 0 spiro atoms. The molecule has 2 heterocycles. The number of nitrogens with zero attached hydrogens (tertiary/aromatic N) is 2. The number of morpholine rings is 1. The van der Waals surface area contributed by atoms with Gasteiger partial charge in [0.2, 0.25) is 0 Å². The van der Waals surface area contributed by atoms with Crippen LogP contribution in [0.5, 0.6) is 5.75 Å². The van der Waals surface area contributed by atoms with E-state index in [9.17, 15) is 19.8 Å². The number of hydrogen-bond donors (Lipinski definition) is 2. The predicted octanol–water partition coefficient (Wildman–Crippen LogP) is 3.84. The number of phenolic OH excluding ortho intramolecular Hbond substituents is 1. The maximum absolute atomic E-state index is 13.1. The Kier molecular flexibility index (Phi) is 7.24. The molecule has 0 saturated carbocycles. The summed E-state index contributed by atoms with van der Waals surface area (Å²) in [5.74, 6) is -2.22. The van der Waals surface area contributed by atoms with Crippen molar-refractivity contribution in [3.8, 4) is 5.75 Å². The standard InChI is InChI=1S/C24H24Cl2N2O5/c25-16-4-2-15(3-5-16)21-20(22(30)18-14-17(26)6-7-19(18)29)23(31)24(32)28(21)9-1-8-27-10-12-33-13-11-27/h2-7,14,21,29-30H,1,8-13H2/t21-/m0/s1. The van der Waals surface area contributed by atoms with Gasteiger partial charge in [0.05, 0.1) is 30.4 Å². The molecule has 174 valence electrons. The van der Waals surface area contributed by atoms with Crippen molar-refractivity contribution in [1.29, 1.82) is 0 Å². The Bertz CT molecular complexity index is 1080. The van der Waals surface area contributed by atoms with E-state index >= 15 is 0 Å². The monoisotopic (exact) mass is 490 g/mol. The lowest BCUT2D eigenvalue weighted by molar-refractivity contribution is -0.140. The molecule has 2 aliphatic rings. The first-order chi connectivity index (χ1) is 15.9. The molecule has 2 aromatic carbocycles. The van der Waals surface area contributed by atoms with Gasteiger partial charge in [0.25, 0.3) is 11.7 Å². The molecule has 7 nitrogen and oxygen atoms in total. The third-order valence-electron chi connectivity index (χ3n) is 5.92. The molecule has 33 heavy (non-hydrogen) atoms. The summed E-state index contributed by atoms with van der Waals surface area (Å²) in [6, 6.07) is 10.1. The number of carbonyl (C=O) groups excluding carboxylic acids is 2. The second-order valence-corrected chi connectivity index (χ2v) is 8.89. The van der Waals surface area contributed by atoms with Gasteiger partial charge in [0.1, 0.15) is 11.5 Å². The second-order valence-electron chi connectivity index (χ2n) is 8.01. The Morgan fingerprint density at radius 3 is 2.36 bits per heavy atom. The van der Waals surface area contributed by atoms with E-state index in [1.807, 2.05) is 0 Å². The first-order valence-electron chi connectivity index (χ1n) is 10.7. The van der Waals surface area contributed by atoms with Crippen LogP contribution in [0.25, 0.3) is 5.76 Å². The smallest absolute Gasteiger partial charge is 0.295 e. The van der Waals surface area contributed by atoms with E-state index in [1.165, 1.54) is 23.1 Å². The van der Waals surface area contributed by atoms with Gasteiger partial charge in [-0.1, -0.05) is 35.3 Å². The average molecular weight is 491 g/mol. The van der Waals surface area contributed by atoms with Crippen LogP contribution in [0.4, 0.5) is 0 Å². The summed E-state index contributed by atoms with van der Waals surface area (Å²) in [6.07, 6.45) is 0.652. The number of halogens is 2. The molecule has 2 aliphatic heterocycles. The Morgan fingerprint density at radius 2 is 1.67 bits per heavy atom. The van der Waals surface area contributed by atoms with Crippen molar-refractivity contribution in [2.75, 3.05) is 39.4 Å². The molecule has 0 aliphatic carbocycles. The van der Waals surface area contributed by atoms with Crippen LogP contribution in [0.3, 0.4) is 0 Å². The van der Waals surface area contributed by atoms with Gasteiger partial charge in [-0.25, -0.2) is 0 Å². The number of aliphatic hydroxyl groups excluding tert-OH is 1. The Labute approximate surface area is 201 Å². The number of amides is 1. The fourth-order valence-electron chi connectivity index (χ4n) is 4.23. The molecule has 9 heteroatoms. The quantitative estimate of drug-likeness (QED) is 0.363. The number of ketones is 1. The highest BCUT2D eigenvalue weighted by Gasteiger charge is 2.46. The van der Waals surface area contributed by atoms with Gasteiger partial charge in [-0.15, -0.1) is 0 Å².